The quantitative estimate of drug-likeness (QED) is 0.814. The highest BCUT2D eigenvalue weighted by molar-refractivity contribution is 7.91. The largest absolute Gasteiger partial charge is 0.377 e. The van der Waals surface area contributed by atoms with Crippen molar-refractivity contribution in [1.29, 1.82) is 0 Å². The summed E-state index contributed by atoms with van der Waals surface area (Å²) < 4.78 is 31.7. The van der Waals surface area contributed by atoms with E-state index in [0.717, 1.165) is 11.3 Å². The van der Waals surface area contributed by atoms with Gasteiger partial charge in [0.2, 0.25) is 10.0 Å². The molecule has 0 bridgehead atoms. The van der Waals surface area contributed by atoms with Gasteiger partial charge in [0.1, 0.15) is 4.21 Å². The molecule has 0 unspecified atom stereocenters. The number of ether oxygens (including phenoxy) is 1. The summed E-state index contributed by atoms with van der Waals surface area (Å²) in [6.45, 7) is 4.41. The van der Waals surface area contributed by atoms with Gasteiger partial charge in [0.05, 0.1) is 17.0 Å². The summed E-state index contributed by atoms with van der Waals surface area (Å²) in [4.78, 5) is 0. The number of thiophene rings is 1. The first-order valence-corrected chi connectivity index (χ1v) is 7.46. The second-order valence-corrected chi connectivity index (χ2v) is 7.08. The fourth-order valence-electron chi connectivity index (χ4n) is 0.984. The van der Waals surface area contributed by atoms with Crippen LogP contribution < -0.4 is 4.72 Å². The molecule has 0 fully saturated rings. The highest BCUT2D eigenvalue weighted by Crippen LogP contribution is 2.25. The number of rotatable bonds is 6. The first-order valence-electron chi connectivity index (χ1n) is 4.78. The van der Waals surface area contributed by atoms with Gasteiger partial charge >= 0.3 is 0 Å². The van der Waals surface area contributed by atoms with E-state index in [9.17, 15) is 8.42 Å². The van der Waals surface area contributed by atoms with E-state index in [2.05, 4.69) is 4.72 Å². The van der Waals surface area contributed by atoms with Crippen molar-refractivity contribution in [2.24, 2.45) is 0 Å². The Morgan fingerprint density at radius 3 is 2.69 bits per heavy atom. The van der Waals surface area contributed by atoms with Crippen molar-refractivity contribution in [1.82, 2.24) is 4.72 Å². The van der Waals surface area contributed by atoms with Crippen LogP contribution in [0.1, 0.15) is 13.8 Å². The van der Waals surface area contributed by atoms with Gasteiger partial charge in [-0.25, -0.2) is 13.1 Å². The highest BCUT2D eigenvalue weighted by Gasteiger charge is 2.15. The Balaban J connectivity index is 2.47. The molecule has 0 radical (unpaired) electrons. The van der Waals surface area contributed by atoms with Gasteiger partial charge in [0.15, 0.2) is 0 Å². The molecule has 0 atom stereocenters. The second kappa shape index (κ2) is 5.97. The molecule has 0 aliphatic carbocycles. The highest BCUT2D eigenvalue weighted by atomic mass is 35.5. The van der Waals surface area contributed by atoms with Gasteiger partial charge in [-0.2, -0.15) is 0 Å². The van der Waals surface area contributed by atoms with Crippen LogP contribution in [-0.2, 0) is 14.8 Å². The van der Waals surface area contributed by atoms with E-state index >= 15 is 0 Å². The lowest BCUT2D eigenvalue weighted by Crippen LogP contribution is -2.27. The van der Waals surface area contributed by atoms with Gasteiger partial charge < -0.3 is 4.74 Å². The first-order chi connectivity index (χ1) is 7.42. The number of nitrogens with one attached hydrogen (secondary N) is 1. The molecule has 92 valence electrons. The minimum atomic E-state index is -3.43. The van der Waals surface area contributed by atoms with Gasteiger partial charge in [0, 0.05) is 6.54 Å². The Morgan fingerprint density at radius 1 is 1.50 bits per heavy atom. The molecule has 0 saturated carbocycles. The van der Waals surface area contributed by atoms with Crippen LogP contribution in [0.3, 0.4) is 0 Å². The summed E-state index contributed by atoms with van der Waals surface area (Å²) in [5.41, 5.74) is 0. The maximum Gasteiger partial charge on any atom is 0.250 e. The van der Waals surface area contributed by atoms with Crippen LogP contribution in [0.15, 0.2) is 16.3 Å². The average Bonchev–Trinajstić information content (AvgIpc) is 2.60. The molecule has 1 aromatic heterocycles. The Labute approximate surface area is 105 Å². The molecule has 0 aliphatic rings. The van der Waals surface area contributed by atoms with Crippen LogP contribution in [0, 0.1) is 0 Å². The summed E-state index contributed by atoms with van der Waals surface area (Å²) in [6.07, 6.45) is 0.0979. The smallest absolute Gasteiger partial charge is 0.250 e. The molecular formula is C9H14ClNO3S2. The molecule has 16 heavy (non-hydrogen) atoms. The SMILES string of the molecule is CC(C)OCCNS(=O)(=O)c1ccc(Cl)s1. The fraction of sp³-hybridized carbons (Fsp3) is 0.556. The molecule has 0 amide bonds. The van der Waals surface area contributed by atoms with Crippen LogP contribution in [0.5, 0.6) is 0 Å². The van der Waals surface area contributed by atoms with Crippen molar-refractivity contribution in [3.8, 4) is 0 Å². The Kier molecular flexibility index (Phi) is 5.20. The standard InChI is InChI=1S/C9H14ClNO3S2/c1-7(2)14-6-5-11-16(12,13)9-4-3-8(10)15-9/h3-4,7,11H,5-6H2,1-2H3. The maximum atomic E-state index is 11.7. The van der Waals surface area contributed by atoms with Crippen molar-refractivity contribution in [2.75, 3.05) is 13.2 Å². The summed E-state index contributed by atoms with van der Waals surface area (Å²) in [7, 11) is -3.43. The second-order valence-electron chi connectivity index (χ2n) is 3.38. The molecule has 1 aromatic rings. The van der Waals surface area contributed by atoms with Crippen LogP contribution in [0.25, 0.3) is 0 Å². The zero-order chi connectivity index (χ0) is 12.2. The van der Waals surface area contributed by atoms with Crippen LogP contribution >= 0.6 is 22.9 Å². The molecule has 0 aliphatic heterocycles. The topological polar surface area (TPSA) is 55.4 Å². The lowest BCUT2D eigenvalue weighted by molar-refractivity contribution is 0.0834. The summed E-state index contributed by atoms with van der Waals surface area (Å²) in [5, 5.41) is 0. The van der Waals surface area contributed by atoms with Crippen LogP contribution in [-0.4, -0.2) is 27.7 Å². The number of sulfonamides is 1. The van der Waals surface area contributed by atoms with E-state index in [0.29, 0.717) is 10.9 Å². The maximum absolute atomic E-state index is 11.7. The zero-order valence-electron chi connectivity index (χ0n) is 9.07. The monoisotopic (exact) mass is 283 g/mol. The minimum absolute atomic E-state index is 0.0979. The molecular weight excluding hydrogens is 270 g/mol. The molecule has 4 nitrogen and oxygen atoms in total. The predicted octanol–water partition coefficient (Wildman–Crippen LogP) is 2.10. The van der Waals surface area contributed by atoms with Gasteiger partial charge in [-0.05, 0) is 26.0 Å². The lowest BCUT2D eigenvalue weighted by atomic mass is 10.5. The third kappa shape index (κ3) is 4.39. The Bertz CT molecular complexity index is 428. The number of hydrogen-bond acceptors (Lipinski definition) is 4. The first kappa shape index (κ1) is 13.9. The van der Waals surface area contributed by atoms with Crippen molar-refractivity contribution in [2.45, 2.75) is 24.2 Å². The van der Waals surface area contributed by atoms with Gasteiger partial charge in [0.25, 0.3) is 0 Å². The van der Waals surface area contributed by atoms with Crippen molar-refractivity contribution >= 4 is 33.0 Å². The average molecular weight is 284 g/mol. The Hall–Kier alpha value is -0.140. The molecule has 7 heteroatoms. The number of halogens is 1. The summed E-state index contributed by atoms with van der Waals surface area (Å²) >= 11 is 6.70. The van der Waals surface area contributed by atoms with E-state index in [1.165, 1.54) is 6.07 Å². The van der Waals surface area contributed by atoms with E-state index in [1.807, 2.05) is 13.8 Å². The molecule has 0 aromatic carbocycles. The van der Waals surface area contributed by atoms with E-state index < -0.39 is 10.0 Å². The lowest BCUT2D eigenvalue weighted by Gasteiger charge is -2.08. The molecule has 0 saturated heterocycles. The van der Waals surface area contributed by atoms with Crippen molar-refractivity contribution in [3.05, 3.63) is 16.5 Å². The minimum Gasteiger partial charge on any atom is -0.377 e. The van der Waals surface area contributed by atoms with E-state index in [-0.39, 0.29) is 16.9 Å². The third-order valence-corrected chi connectivity index (χ3v) is 4.84. The van der Waals surface area contributed by atoms with Crippen molar-refractivity contribution < 1.29 is 13.2 Å². The van der Waals surface area contributed by atoms with E-state index in [4.69, 9.17) is 16.3 Å². The van der Waals surface area contributed by atoms with E-state index in [1.54, 1.807) is 6.07 Å². The zero-order valence-corrected chi connectivity index (χ0v) is 11.5. The predicted molar refractivity (Wildman–Crippen MR) is 65.6 cm³/mol. The summed E-state index contributed by atoms with van der Waals surface area (Å²) in [5.74, 6) is 0. The van der Waals surface area contributed by atoms with Crippen molar-refractivity contribution in [3.63, 3.8) is 0 Å². The summed E-state index contributed by atoms with van der Waals surface area (Å²) in [6, 6.07) is 3.05. The normalized spacial score (nSPS) is 12.2. The third-order valence-electron chi connectivity index (χ3n) is 1.66. The Morgan fingerprint density at radius 2 is 2.19 bits per heavy atom. The number of hydrogen-bond donors (Lipinski definition) is 1. The molecule has 1 N–H and O–H groups in total. The molecule has 1 heterocycles. The van der Waals surface area contributed by atoms with Crippen LogP contribution in [0.4, 0.5) is 0 Å². The van der Waals surface area contributed by atoms with Gasteiger partial charge in [-0.1, -0.05) is 11.6 Å². The molecule has 1 rings (SSSR count). The fourth-order valence-corrected chi connectivity index (χ4v) is 3.52. The van der Waals surface area contributed by atoms with Crippen LogP contribution in [0.2, 0.25) is 4.34 Å². The molecule has 0 spiro atoms. The van der Waals surface area contributed by atoms with Gasteiger partial charge in [-0.3, -0.25) is 0 Å². The van der Waals surface area contributed by atoms with Gasteiger partial charge in [-0.15, -0.1) is 11.3 Å².